The van der Waals surface area contributed by atoms with Gasteiger partial charge in [-0.25, -0.2) is 14.5 Å². The van der Waals surface area contributed by atoms with E-state index in [1.165, 1.54) is 9.39 Å². The number of nitrogens with zero attached hydrogens (tertiary/aromatic N) is 3. The van der Waals surface area contributed by atoms with Gasteiger partial charge in [-0.3, -0.25) is 9.89 Å². The van der Waals surface area contributed by atoms with E-state index in [2.05, 4.69) is 22.0 Å². The van der Waals surface area contributed by atoms with Gasteiger partial charge in [0.05, 0.1) is 16.4 Å². The highest BCUT2D eigenvalue weighted by molar-refractivity contribution is 7.11. The van der Waals surface area contributed by atoms with Crippen LogP contribution in [0.5, 0.6) is 0 Å². The normalized spacial score (nSPS) is 11.3. The minimum absolute atomic E-state index is 0.0661. The van der Waals surface area contributed by atoms with E-state index in [-0.39, 0.29) is 5.56 Å². The highest BCUT2D eigenvalue weighted by atomic mass is 32.1. The molecule has 3 aromatic rings. The van der Waals surface area contributed by atoms with E-state index in [0.717, 1.165) is 34.0 Å². The van der Waals surface area contributed by atoms with Gasteiger partial charge in [-0.1, -0.05) is 6.92 Å². The molecule has 0 atom stereocenters. The Labute approximate surface area is 120 Å². The monoisotopic (exact) mass is 288 g/mol. The summed E-state index contributed by atoms with van der Waals surface area (Å²) in [5.74, 6) is 0. The largest absolute Gasteiger partial charge is 0.297 e. The van der Waals surface area contributed by atoms with Gasteiger partial charge in [0.15, 0.2) is 5.65 Å². The van der Waals surface area contributed by atoms with Gasteiger partial charge in [-0.2, -0.15) is 0 Å². The van der Waals surface area contributed by atoms with Gasteiger partial charge in [0, 0.05) is 29.1 Å². The number of hydrogen-bond acceptors (Lipinski definition) is 4. The van der Waals surface area contributed by atoms with E-state index in [1.54, 1.807) is 17.4 Å². The van der Waals surface area contributed by atoms with Gasteiger partial charge in [-0.15, -0.1) is 11.3 Å². The molecule has 1 N–H and O–H groups in total. The van der Waals surface area contributed by atoms with Crippen molar-refractivity contribution < 1.29 is 0 Å². The Balaban J connectivity index is 2.08. The average Bonchev–Trinajstić information content (AvgIpc) is 2.93. The number of rotatable bonds is 3. The molecule has 104 valence electrons. The van der Waals surface area contributed by atoms with Crippen LogP contribution in [0.3, 0.4) is 0 Å². The van der Waals surface area contributed by atoms with Crippen molar-refractivity contribution in [2.45, 2.75) is 33.6 Å². The lowest BCUT2D eigenvalue weighted by molar-refractivity contribution is 0.880. The topological polar surface area (TPSA) is 63.0 Å². The number of thiazole rings is 1. The van der Waals surface area contributed by atoms with Crippen LogP contribution in [0.1, 0.15) is 33.8 Å². The number of hydrogen-bond donors (Lipinski definition) is 1. The molecule has 3 rings (SSSR count). The van der Waals surface area contributed by atoms with E-state index in [0.29, 0.717) is 6.42 Å². The second-order valence-electron chi connectivity index (χ2n) is 4.82. The van der Waals surface area contributed by atoms with Crippen molar-refractivity contribution in [2.75, 3.05) is 0 Å². The Morgan fingerprint density at radius 2 is 2.15 bits per heavy atom. The molecule has 3 heterocycles. The Morgan fingerprint density at radius 3 is 2.80 bits per heavy atom. The predicted molar refractivity (Wildman–Crippen MR) is 79.6 cm³/mol. The Kier molecular flexibility index (Phi) is 3.17. The highest BCUT2D eigenvalue weighted by Gasteiger charge is 2.11. The summed E-state index contributed by atoms with van der Waals surface area (Å²) in [6.07, 6.45) is 3.36. The number of aromatic amines is 1. The van der Waals surface area contributed by atoms with Crippen molar-refractivity contribution in [3.63, 3.8) is 0 Å². The highest BCUT2D eigenvalue weighted by Crippen LogP contribution is 2.20. The van der Waals surface area contributed by atoms with Gasteiger partial charge in [0.2, 0.25) is 0 Å². The fraction of sp³-hybridized carbons (Fsp3) is 0.357. The van der Waals surface area contributed by atoms with Crippen molar-refractivity contribution in [2.24, 2.45) is 0 Å². The van der Waals surface area contributed by atoms with Gasteiger partial charge < -0.3 is 0 Å². The average molecular weight is 288 g/mol. The molecule has 5 nitrogen and oxygen atoms in total. The second kappa shape index (κ2) is 4.86. The third-order valence-electron chi connectivity index (χ3n) is 3.35. The Bertz CT molecular complexity index is 827. The second-order valence-corrected chi connectivity index (χ2v) is 6.10. The molecule has 0 bridgehead atoms. The zero-order valence-electron chi connectivity index (χ0n) is 11.7. The molecule has 20 heavy (non-hydrogen) atoms. The van der Waals surface area contributed by atoms with Crippen LogP contribution in [0, 0.1) is 13.8 Å². The van der Waals surface area contributed by atoms with Crippen LogP contribution in [0.15, 0.2) is 17.1 Å². The molecule has 0 aliphatic carbocycles. The van der Waals surface area contributed by atoms with Crippen LogP contribution < -0.4 is 5.56 Å². The number of fused-ring (bicyclic) bond motifs is 1. The van der Waals surface area contributed by atoms with E-state index < -0.39 is 0 Å². The quantitative estimate of drug-likeness (QED) is 0.804. The molecule has 0 saturated carbocycles. The van der Waals surface area contributed by atoms with Gasteiger partial charge in [-0.05, 0) is 20.3 Å². The summed E-state index contributed by atoms with van der Waals surface area (Å²) in [6, 6.07) is 1.59. The third kappa shape index (κ3) is 2.16. The molecule has 0 amide bonds. The van der Waals surface area contributed by atoms with Crippen LogP contribution in [-0.4, -0.2) is 19.6 Å². The van der Waals surface area contributed by atoms with Crippen LogP contribution in [-0.2, 0) is 12.8 Å². The maximum Gasteiger partial charge on any atom is 0.272 e. The minimum Gasteiger partial charge on any atom is -0.297 e. The summed E-state index contributed by atoms with van der Waals surface area (Å²) in [7, 11) is 0. The SMILES string of the molecule is CCc1c[nH]n2c(=O)cc(Cc3sc(C)nc3C)nc12. The van der Waals surface area contributed by atoms with Crippen molar-refractivity contribution in [3.05, 3.63) is 49.5 Å². The summed E-state index contributed by atoms with van der Waals surface area (Å²) in [5.41, 5.74) is 3.55. The van der Waals surface area contributed by atoms with Crippen LogP contribution in [0.2, 0.25) is 0 Å². The lowest BCUT2D eigenvalue weighted by Gasteiger charge is -2.01. The summed E-state index contributed by atoms with van der Waals surface area (Å²) in [6.45, 7) is 6.05. The molecule has 0 aliphatic heterocycles. The molecule has 6 heteroatoms. The lowest BCUT2D eigenvalue weighted by atomic mass is 10.2. The number of aryl methyl sites for hydroxylation is 3. The summed E-state index contributed by atoms with van der Waals surface area (Å²) >= 11 is 1.66. The standard InChI is InChI=1S/C14H16N4OS/c1-4-10-7-15-18-13(19)6-11(17-14(10)18)5-12-8(2)16-9(3)20-12/h6-7,15H,4-5H2,1-3H3. The molecule has 0 aromatic carbocycles. The van der Waals surface area contributed by atoms with E-state index in [1.807, 2.05) is 20.0 Å². The fourth-order valence-electron chi connectivity index (χ4n) is 2.33. The fourth-order valence-corrected chi connectivity index (χ4v) is 3.28. The third-order valence-corrected chi connectivity index (χ3v) is 4.42. The number of nitrogens with one attached hydrogen (secondary N) is 1. The van der Waals surface area contributed by atoms with Crippen molar-refractivity contribution in [1.29, 1.82) is 0 Å². The van der Waals surface area contributed by atoms with Crippen LogP contribution in [0.25, 0.3) is 5.65 Å². The molecule has 0 saturated heterocycles. The molecule has 0 fully saturated rings. The van der Waals surface area contributed by atoms with E-state index >= 15 is 0 Å². The molecule has 0 spiro atoms. The van der Waals surface area contributed by atoms with Crippen LogP contribution >= 0.6 is 11.3 Å². The molecule has 0 aliphatic rings. The van der Waals surface area contributed by atoms with E-state index in [9.17, 15) is 4.79 Å². The first-order chi connectivity index (χ1) is 9.58. The molecular formula is C14H16N4OS. The van der Waals surface area contributed by atoms with Crippen LogP contribution in [0.4, 0.5) is 0 Å². The van der Waals surface area contributed by atoms with Gasteiger partial charge in [0.1, 0.15) is 0 Å². The first kappa shape index (κ1) is 13.1. The van der Waals surface area contributed by atoms with Crippen molar-refractivity contribution in [1.82, 2.24) is 19.6 Å². The van der Waals surface area contributed by atoms with Crippen molar-refractivity contribution in [3.8, 4) is 0 Å². The summed E-state index contributed by atoms with van der Waals surface area (Å²) in [5, 5.41) is 3.99. The maximum atomic E-state index is 12.1. The zero-order valence-corrected chi connectivity index (χ0v) is 12.5. The first-order valence-electron chi connectivity index (χ1n) is 6.60. The molecular weight excluding hydrogens is 272 g/mol. The van der Waals surface area contributed by atoms with E-state index in [4.69, 9.17) is 0 Å². The lowest BCUT2D eigenvalue weighted by Crippen LogP contribution is -2.15. The summed E-state index contributed by atoms with van der Waals surface area (Å²) in [4.78, 5) is 22.3. The number of aromatic nitrogens is 4. The zero-order chi connectivity index (χ0) is 14.3. The predicted octanol–water partition coefficient (Wildman–Crippen LogP) is 2.25. The number of H-pyrrole nitrogens is 1. The maximum absolute atomic E-state index is 12.1. The van der Waals surface area contributed by atoms with Gasteiger partial charge >= 0.3 is 0 Å². The van der Waals surface area contributed by atoms with Gasteiger partial charge in [0.25, 0.3) is 5.56 Å². The Hall–Kier alpha value is -1.95. The van der Waals surface area contributed by atoms with Crippen molar-refractivity contribution >= 4 is 17.0 Å². The molecule has 3 aromatic heterocycles. The Morgan fingerprint density at radius 1 is 1.35 bits per heavy atom. The molecule has 0 unspecified atom stereocenters. The summed E-state index contributed by atoms with van der Waals surface area (Å²) < 4.78 is 1.49. The smallest absolute Gasteiger partial charge is 0.272 e. The first-order valence-corrected chi connectivity index (χ1v) is 7.42. The molecule has 0 radical (unpaired) electrons. The minimum atomic E-state index is -0.0661.